The van der Waals surface area contributed by atoms with Gasteiger partial charge in [-0.3, -0.25) is 9.59 Å². The van der Waals surface area contributed by atoms with Crippen LogP contribution in [0.1, 0.15) is 77.0 Å². The minimum Gasteiger partial charge on any atom is -0.481 e. The van der Waals surface area contributed by atoms with Crippen molar-refractivity contribution in [3.8, 4) is 0 Å². The molecule has 0 aromatic heterocycles. The number of carbonyl (C=O) groups is 2. The molecule has 0 spiro atoms. The molecule has 4 aliphatic rings. The van der Waals surface area contributed by atoms with Gasteiger partial charge in [0.2, 0.25) is 0 Å². The van der Waals surface area contributed by atoms with Crippen LogP contribution in [0.2, 0.25) is 0 Å². The average Bonchev–Trinajstić information content (AvgIpc) is 3.51. The number of ether oxygens (including phenoxy) is 2. The standard InChI is InChI=1S/C21H32O6/c22-19(23)5-7-21(8-6-20(24)25,11-13-1-3-15-17(9-13)26-15)12-14-2-4-16-18(10-14)27-16/h13-18H,1-12H2,(H,22,23)(H,24,25). The molecule has 0 aromatic carbocycles. The Morgan fingerprint density at radius 2 is 1.19 bits per heavy atom. The van der Waals surface area contributed by atoms with Crippen LogP contribution in [0, 0.1) is 17.3 Å². The number of hydrogen-bond acceptors (Lipinski definition) is 4. The van der Waals surface area contributed by atoms with E-state index in [0.29, 0.717) is 49.1 Å². The highest BCUT2D eigenvalue weighted by Gasteiger charge is 2.48. The third-order valence-electron chi connectivity index (χ3n) is 7.41. The van der Waals surface area contributed by atoms with Crippen LogP contribution in [0.4, 0.5) is 0 Å². The molecule has 0 aromatic rings. The molecule has 6 atom stereocenters. The van der Waals surface area contributed by atoms with Crippen molar-refractivity contribution in [3.05, 3.63) is 0 Å². The zero-order chi connectivity index (χ0) is 19.0. The van der Waals surface area contributed by atoms with Crippen molar-refractivity contribution in [3.63, 3.8) is 0 Å². The van der Waals surface area contributed by atoms with Gasteiger partial charge in [0.15, 0.2) is 0 Å². The second-order valence-electron chi connectivity index (χ2n) is 9.48. The maximum atomic E-state index is 11.3. The quantitative estimate of drug-likeness (QED) is 0.562. The molecule has 0 radical (unpaired) electrons. The van der Waals surface area contributed by atoms with E-state index in [4.69, 9.17) is 9.47 Å². The van der Waals surface area contributed by atoms with Crippen molar-refractivity contribution < 1.29 is 29.3 Å². The van der Waals surface area contributed by atoms with E-state index in [1.807, 2.05) is 0 Å². The van der Waals surface area contributed by atoms with Gasteiger partial charge in [-0.05, 0) is 81.5 Å². The van der Waals surface area contributed by atoms with Gasteiger partial charge in [0, 0.05) is 12.8 Å². The summed E-state index contributed by atoms with van der Waals surface area (Å²) in [5, 5.41) is 18.6. The first-order chi connectivity index (χ1) is 12.9. The van der Waals surface area contributed by atoms with Crippen molar-refractivity contribution in [2.24, 2.45) is 17.3 Å². The van der Waals surface area contributed by atoms with E-state index in [1.165, 1.54) is 0 Å². The Hall–Kier alpha value is -1.14. The lowest BCUT2D eigenvalue weighted by molar-refractivity contribution is -0.138. The van der Waals surface area contributed by atoms with Gasteiger partial charge in [-0.2, -0.15) is 0 Å². The van der Waals surface area contributed by atoms with E-state index < -0.39 is 11.9 Å². The van der Waals surface area contributed by atoms with Crippen molar-refractivity contribution in [1.82, 2.24) is 0 Å². The van der Waals surface area contributed by atoms with Crippen molar-refractivity contribution in [2.45, 2.75) is 101 Å². The van der Waals surface area contributed by atoms with E-state index in [2.05, 4.69) is 0 Å². The minimum atomic E-state index is -0.779. The number of hydrogen-bond donors (Lipinski definition) is 2. The third kappa shape index (κ3) is 5.02. The summed E-state index contributed by atoms with van der Waals surface area (Å²) in [7, 11) is 0. The van der Waals surface area contributed by atoms with Crippen LogP contribution in [0.25, 0.3) is 0 Å². The van der Waals surface area contributed by atoms with Crippen molar-refractivity contribution in [2.75, 3.05) is 0 Å². The largest absolute Gasteiger partial charge is 0.481 e. The highest BCUT2D eigenvalue weighted by atomic mass is 16.6. The number of carboxylic acid groups (broad SMARTS) is 2. The zero-order valence-corrected chi connectivity index (χ0v) is 16.0. The highest BCUT2D eigenvalue weighted by Crippen LogP contribution is 2.51. The molecule has 152 valence electrons. The summed E-state index contributed by atoms with van der Waals surface area (Å²) in [5.74, 6) is -0.494. The Kier molecular flexibility index (Phi) is 5.48. The van der Waals surface area contributed by atoms with Crippen LogP contribution in [0.3, 0.4) is 0 Å². The van der Waals surface area contributed by atoms with Crippen LogP contribution >= 0.6 is 0 Å². The molecule has 4 rings (SSSR count). The number of aliphatic carboxylic acids is 2. The maximum Gasteiger partial charge on any atom is 0.303 e. The first-order valence-electron chi connectivity index (χ1n) is 10.7. The Balaban J connectivity index is 1.46. The van der Waals surface area contributed by atoms with Crippen LogP contribution < -0.4 is 0 Å². The molecule has 6 nitrogen and oxygen atoms in total. The second kappa shape index (κ2) is 7.70. The van der Waals surface area contributed by atoms with Gasteiger partial charge in [-0.1, -0.05) is 0 Å². The molecule has 27 heavy (non-hydrogen) atoms. The van der Waals surface area contributed by atoms with Gasteiger partial charge in [0.25, 0.3) is 0 Å². The Morgan fingerprint density at radius 3 is 1.56 bits per heavy atom. The molecule has 2 aliphatic carbocycles. The van der Waals surface area contributed by atoms with Gasteiger partial charge >= 0.3 is 11.9 Å². The number of rotatable bonds is 10. The molecule has 0 amide bonds. The maximum absolute atomic E-state index is 11.3. The van der Waals surface area contributed by atoms with E-state index in [0.717, 1.165) is 51.4 Å². The molecule has 4 fully saturated rings. The fraction of sp³-hybridized carbons (Fsp3) is 0.905. The number of epoxide rings is 2. The van der Waals surface area contributed by atoms with Crippen LogP contribution in [0.5, 0.6) is 0 Å². The lowest BCUT2D eigenvalue weighted by Gasteiger charge is -2.40. The second-order valence-corrected chi connectivity index (χ2v) is 9.48. The van der Waals surface area contributed by atoms with Crippen LogP contribution in [0.15, 0.2) is 0 Å². The highest BCUT2D eigenvalue weighted by molar-refractivity contribution is 5.67. The normalized spacial score (nSPS) is 37.2. The predicted molar refractivity (Wildman–Crippen MR) is 97.4 cm³/mol. The van der Waals surface area contributed by atoms with E-state index in [1.54, 1.807) is 0 Å². The lowest BCUT2D eigenvalue weighted by Crippen LogP contribution is -2.32. The smallest absolute Gasteiger partial charge is 0.303 e. The van der Waals surface area contributed by atoms with Crippen molar-refractivity contribution in [1.29, 1.82) is 0 Å². The van der Waals surface area contributed by atoms with Gasteiger partial charge in [0.05, 0.1) is 24.4 Å². The molecule has 2 saturated carbocycles. The van der Waals surface area contributed by atoms with E-state index >= 15 is 0 Å². The third-order valence-corrected chi connectivity index (χ3v) is 7.41. The van der Waals surface area contributed by atoms with Crippen LogP contribution in [-0.2, 0) is 19.1 Å². The Bertz CT molecular complexity index is 525. The number of fused-ring (bicyclic) bond motifs is 2. The first kappa shape index (κ1) is 19.2. The summed E-state index contributed by atoms with van der Waals surface area (Å²) in [6, 6.07) is 0. The molecule has 2 heterocycles. The Labute approximate surface area is 160 Å². The summed E-state index contributed by atoms with van der Waals surface area (Å²) >= 11 is 0. The summed E-state index contributed by atoms with van der Waals surface area (Å²) in [5.41, 5.74) is -0.185. The summed E-state index contributed by atoms with van der Waals surface area (Å²) in [4.78, 5) is 22.7. The zero-order valence-electron chi connectivity index (χ0n) is 16.0. The average molecular weight is 380 g/mol. The fourth-order valence-corrected chi connectivity index (χ4v) is 5.93. The van der Waals surface area contributed by atoms with E-state index in [9.17, 15) is 19.8 Å². The fourth-order valence-electron chi connectivity index (χ4n) is 5.93. The SMILES string of the molecule is O=C(O)CCC(CCC(=O)O)(CC1CCC2OC2C1)CC1CCC2OC2C1. The first-order valence-corrected chi connectivity index (χ1v) is 10.7. The Morgan fingerprint density at radius 1 is 0.741 bits per heavy atom. The van der Waals surface area contributed by atoms with E-state index in [-0.39, 0.29) is 18.3 Å². The van der Waals surface area contributed by atoms with Gasteiger partial charge in [-0.15, -0.1) is 0 Å². The monoisotopic (exact) mass is 380 g/mol. The molecular weight excluding hydrogens is 348 g/mol. The lowest BCUT2D eigenvalue weighted by atomic mass is 9.64. The molecule has 6 heteroatoms. The molecule has 0 bridgehead atoms. The van der Waals surface area contributed by atoms with Gasteiger partial charge in [-0.25, -0.2) is 0 Å². The van der Waals surface area contributed by atoms with Crippen LogP contribution in [-0.4, -0.2) is 46.6 Å². The summed E-state index contributed by atoms with van der Waals surface area (Å²) < 4.78 is 11.4. The summed E-state index contributed by atoms with van der Waals surface area (Å²) in [6.45, 7) is 0. The molecule has 2 aliphatic heterocycles. The summed E-state index contributed by atoms with van der Waals surface area (Å²) in [6.07, 6.45) is 11.6. The minimum absolute atomic E-state index is 0.129. The topological polar surface area (TPSA) is 99.7 Å². The van der Waals surface area contributed by atoms with Crippen molar-refractivity contribution >= 4 is 11.9 Å². The predicted octanol–water partition coefficient (Wildman–Crippen LogP) is 3.62. The molecule has 2 N–H and O–H groups in total. The van der Waals surface area contributed by atoms with Gasteiger partial charge in [0.1, 0.15) is 0 Å². The number of carboxylic acids is 2. The van der Waals surface area contributed by atoms with Gasteiger partial charge < -0.3 is 19.7 Å². The molecule has 6 unspecified atom stereocenters. The molecule has 2 saturated heterocycles. The molecular formula is C21H32O6.